The van der Waals surface area contributed by atoms with Crippen LogP contribution in [0.1, 0.15) is 26.2 Å². The Labute approximate surface area is 98.3 Å². The van der Waals surface area contributed by atoms with Crippen molar-refractivity contribution in [3.05, 3.63) is 0 Å². The molecule has 2 amide bonds. The molecule has 4 heteroatoms. The number of carbonyl (C=O) groups is 2. The van der Waals surface area contributed by atoms with Crippen LogP contribution in [0, 0.1) is 17.8 Å². The highest BCUT2D eigenvalue weighted by Gasteiger charge is 2.58. The normalized spacial score (nSPS) is 30.7. The zero-order chi connectivity index (χ0) is 11.0. The first-order valence-corrected chi connectivity index (χ1v) is 6.72. The van der Waals surface area contributed by atoms with Crippen molar-refractivity contribution in [2.24, 2.45) is 17.8 Å². The highest BCUT2D eigenvalue weighted by molar-refractivity contribution is 9.09. The summed E-state index contributed by atoms with van der Waals surface area (Å²) in [4.78, 5) is 24.9. The van der Waals surface area contributed by atoms with Gasteiger partial charge in [0.2, 0.25) is 11.8 Å². The van der Waals surface area contributed by atoms with E-state index in [-0.39, 0.29) is 23.7 Å². The van der Waals surface area contributed by atoms with Crippen LogP contribution in [0.15, 0.2) is 0 Å². The van der Waals surface area contributed by atoms with E-state index in [9.17, 15) is 9.59 Å². The highest BCUT2D eigenvalue weighted by Crippen LogP contribution is 2.47. The number of imide groups is 1. The first-order chi connectivity index (χ1) is 7.19. The van der Waals surface area contributed by atoms with Gasteiger partial charge in [-0.1, -0.05) is 29.3 Å². The van der Waals surface area contributed by atoms with Crippen LogP contribution < -0.4 is 0 Å². The summed E-state index contributed by atoms with van der Waals surface area (Å²) < 4.78 is 0. The van der Waals surface area contributed by atoms with Crippen molar-refractivity contribution in [1.29, 1.82) is 0 Å². The first-order valence-electron chi connectivity index (χ1n) is 5.60. The average molecular weight is 274 g/mol. The molecule has 2 fully saturated rings. The molecular weight excluding hydrogens is 258 g/mol. The van der Waals surface area contributed by atoms with Crippen molar-refractivity contribution in [2.45, 2.75) is 26.2 Å². The molecule has 1 saturated heterocycles. The topological polar surface area (TPSA) is 37.4 Å². The van der Waals surface area contributed by atoms with Gasteiger partial charge in [0.25, 0.3) is 0 Å². The number of rotatable bonds is 5. The van der Waals surface area contributed by atoms with Crippen LogP contribution in [0.2, 0.25) is 0 Å². The minimum atomic E-state index is 0.0510. The summed E-state index contributed by atoms with van der Waals surface area (Å²) in [6.45, 7) is 2.74. The van der Waals surface area contributed by atoms with Crippen LogP contribution in [-0.4, -0.2) is 28.6 Å². The number of amides is 2. The zero-order valence-corrected chi connectivity index (χ0v) is 10.5. The Kier molecular flexibility index (Phi) is 3.14. The van der Waals surface area contributed by atoms with Gasteiger partial charge < -0.3 is 0 Å². The van der Waals surface area contributed by atoms with Gasteiger partial charge in [0.15, 0.2) is 0 Å². The molecular formula is C11H16BrNO2. The van der Waals surface area contributed by atoms with Gasteiger partial charge in [0.05, 0.1) is 11.8 Å². The van der Waals surface area contributed by atoms with Crippen LogP contribution in [0.3, 0.4) is 0 Å². The molecule has 0 bridgehead atoms. The lowest BCUT2D eigenvalue weighted by molar-refractivity contribution is -0.141. The third-order valence-corrected chi connectivity index (χ3v) is 4.23. The van der Waals surface area contributed by atoms with Gasteiger partial charge in [-0.15, -0.1) is 0 Å². The lowest BCUT2D eigenvalue weighted by atomic mass is 10.1. The van der Waals surface area contributed by atoms with E-state index in [4.69, 9.17) is 0 Å². The van der Waals surface area contributed by atoms with Crippen molar-refractivity contribution in [3.8, 4) is 0 Å². The second kappa shape index (κ2) is 4.24. The Hall–Kier alpha value is -0.380. The lowest BCUT2D eigenvalue weighted by Crippen LogP contribution is -2.37. The molecule has 0 aromatic carbocycles. The van der Waals surface area contributed by atoms with Crippen molar-refractivity contribution in [1.82, 2.24) is 4.90 Å². The smallest absolute Gasteiger partial charge is 0.233 e. The minimum Gasteiger partial charge on any atom is -0.282 e. The van der Waals surface area contributed by atoms with Crippen molar-refractivity contribution < 1.29 is 9.59 Å². The molecule has 0 aromatic heterocycles. The van der Waals surface area contributed by atoms with Gasteiger partial charge >= 0.3 is 0 Å². The molecule has 0 N–H and O–H groups in total. The molecule has 3 unspecified atom stereocenters. The van der Waals surface area contributed by atoms with Gasteiger partial charge in [-0.25, -0.2) is 0 Å². The molecule has 0 aromatic rings. The molecule has 84 valence electrons. The van der Waals surface area contributed by atoms with Gasteiger partial charge in [0, 0.05) is 11.9 Å². The maximum atomic E-state index is 11.7. The van der Waals surface area contributed by atoms with Crippen LogP contribution >= 0.6 is 15.9 Å². The Morgan fingerprint density at radius 2 is 2.00 bits per heavy atom. The predicted octanol–water partition coefficient (Wildman–Crippen LogP) is 1.80. The number of fused-ring (bicyclic) bond motifs is 1. The number of hydrogen-bond acceptors (Lipinski definition) is 2. The fraction of sp³-hybridized carbons (Fsp3) is 0.818. The first kappa shape index (κ1) is 11.1. The summed E-state index contributed by atoms with van der Waals surface area (Å²) in [6.07, 6.45) is 2.97. The molecule has 3 atom stereocenters. The van der Waals surface area contributed by atoms with E-state index in [2.05, 4.69) is 22.9 Å². The van der Waals surface area contributed by atoms with Gasteiger partial charge in [-0.3, -0.25) is 14.5 Å². The molecule has 15 heavy (non-hydrogen) atoms. The monoisotopic (exact) mass is 273 g/mol. The number of alkyl halides is 1. The Morgan fingerprint density at radius 3 is 2.47 bits per heavy atom. The Bertz CT molecular complexity index is 272. The number of likely N-dealkylation sites (tertiary alicyclic amines) is 1. The summed E-state index contributed by atoms with van der Waals surface area (Å²) in [6, 6.07) is 0. The molecule has 1 heterocycles. The molecule has 1 aliphatic heterocycles. The van der Waals surface area contributed by atoms with Crippen molar-refractivity contribution >= 4 is 27.7 Å². The van der Waals surface area contributed by atoms with Gasteiger partial charge in [0.1, 0.15) is 0 Å². The fourth-order valence-electron chi connectivity index (χ4n) is 2.31. The van der Waals surface area contributed by atoms with Crippen LogP contribution in [-0.2, 0) is 9.59 Å². The highest BCUT2D eigenvalue weighted by atomic mass is 79.9. The van der Waals surface area contributed by atoms with E-state index < -0.39 is 0 Å². The third-order valence-electron chi connectivity index (χ3n) is 3.31. The predicted molar refractivity (Wildman–Crippen MR) is 60.5 cm³/mol. The summed E-state index contributed by atoms with van der Waals surface area (Å²) in [5, 5.41) is 0.868. The standard InChI is InChI=1S/C11H16BrNO2/c1-2-3-7(5-12)6-13-10(14)8-4-9(8)11(13)15/h7-9H,2-6H2,1H3. The van der Waals surface area contributed by atoms with Crippen LogP contribution in [0.4, 0.5) is 0 Å². The molecule has 1 aliphatic carbocycles. The van der Waals surface area contributed by atoms with Crippen LogP contribution in [0.25, 0.3) is 0 Å². The van der Waals surface area contributed by atoms with Crippen LogP contribution in [0.5, 0.6) is 0 Å². The Morgan fingerprint density at radius 1 is 1.40 bits per heavy atom. The molecule has 0 radical (unpaired) electrons. The molecule has 2 rings (SSSR count). The van der Waals surface area contributed by atoms with Gasteiger partial charge in [-0.2, -0.15) is 0 Å². The summed E-state index contributed by atoms with van der Waals surface area (Å²) in [5.41, 5.74) is 0. The number of piperidine rings is 1. The van der Waals surface area contributed by atoms with Crippen molar-refractivity contribution in [2.75, 3.05) is 11.9 Å². The molecule has 2 aliphatic rings. The maximum Gasteiger partial charge on any atom is 0.233 e. The largest absolute Gasteiger partial charge is 0.282 e. The van der Waals surface area contributed by atoms with E-state index in [1.54, 1.807) is 0 Å². The quantitative estimate of drug-likeness (QED) is 0.566. The fourth-order valence-corrected chi connectivity index (χ4v) is 2.84. The lowest BCUT2D eigenvalue weighted by Gasteiger charge is -2.21. The SMILES string of the molecule is CCCC(CBr)CN1C(=O)C2CC2C1=O. The zero-order valence-electron chi connectivity index (χ0n) is 8.91. The molecule has 3 nitrogen and oxygen atoms in total. The number of nitrogens with zero attached hydrogens (tertiary/aromatic N) is 1. The second-order valence-electron chi connectivity index (χ2n) is 4.54. The van der Waals surface area contributed by atoms with Crippen molar-refractivity contribution in [3.63, 3.8) is 0 Å². The second-order valence-corrected chi connectivity index (χ2v) is 5.19. The van der Waals surface area contributed by atoms with E-state index in [1.165, 1.54) is 4.90 Å². The number of carbonyl (C=O) groups excluding carboxylic acids is 2. The number of halogens is 1. The summed E-state index contributed by atoms with van der Waals surface area (Å²) >= 11 is 3.44. The summed E-state index contributed by atoms with van der Waals surface area (Å²) in [5.74, 6) is 0.671. The minimum absolute atomic E-state index is 0.0510. The van der Waals surface area contributed by atoms with E-state index in [0.717, 1.165) is 24.6 Å². The van der Waals surface area contributed by atoms with E-state index >= 15 is 0 Å². The molecule has 0 spiro atoms. The summed E-state index contributed by atoms with van der Waals surface area (Å²) in [7, 11) is 0. The van der Waals surface area contributed by atoms with E-state index in [1.807, 2.05) is 0 Å². The average Bonchev–Trinajstić information content (AvgIpc) is 2.97. The number of hydrogen-bond donors (Lipinski definition) is 0. The van der Waals surface area contributed by atoms with Gasteiger partial charge in [-0.05, 0) is 18.8 Å². The maximum absolute atomic E-state index is 11.7. The molecule has 1 saturated carbocycles. The Balaban J connectivity index is 1.93. The van der Waals surface area contributed by atoms with E-state index in [0.29, 0.717) is 12.5 Å². The third kappa shape index (κ3) is 1.96.